The van der Waals surface area contributed by atoms with Gasteiger partial charge in [0.2, 0.25) is 0 Å². The fourth-order valence-electron chi connectivity index (χ4n) is 3.11. The van der Waals surface area contributed by atoms with E-state index in [-0.39, 0.29) is 5.69 Å². The Morgan fingerprint density at radius 3 is 2.23 bits per heavy atom. The van der Waals surface area contributed by atoms with Crippen molar-refractivity contribution in [2.45, 2.75) is 18.4 Å². The summed E-state index contributed by atoms with van der Waals surface area (Å²) in [5.41, 5.74) is -0.408. The highest BCUT2D eigenvalue weighted by Gasteiger charge is 2.45. The second-order valence-electron chi connectivity index (χ2n) is 6.68. The van der Waals surface area contributed by atoms with Crippen LogP contribution in [0.3, 0.4) is 0 Å². The molecule has 2 aromatic heterocycles. The topological polar surface area (TPSA) is 69.4 Å². The molecule has 1 unspecified atom stereocenters. The van der Waals surface area contributed by atoms with Gasteiger partial charge in [-0.1, -0.05) is 6.07 Å². The van der Waals surface area contributed by atoms with E-state index in [9.17, 15) is 13.2 Å². The summed E-state index contributed by atoms with van der Waals surface area (Å²) in [6.07, 6.45) is 1.10. The van der Waals surface area contributed by atoms with Crippen LogP contribution in [0.25, 0.3) is 11.3 Å². The molecule has 31 heavy (non-hydrogen) atoms. The van der Waals surface area contributed by atoms with Crippen molar-refractivity contribution in [3.63, 3.8) is 0 Å². The van der Waals surface area contributed by atoms with Crippen LogP contribution in [0.4, 0.5) is 22.0 Å². The number of rotatable bonds is 6. The summed E-state index contributed by atoms with van der Waals surface area (Å²) in [5.74, 6) is -7.99. The lowest BCUT2D eigenvalue weighted by Crippen LogP contribution is -2.30. The molecule has 0 aliphatic heterocycles. The molecule has 0 fully saturated rings. The number of benzene rings is 2. The van der Waals surface area contributed by atoms with Crippen LogP contribution >= 0.6 is 0 Å². The summed E-state index contributed by atoms with van der Waals surface area (Å²) in [5, 5.41) is 17.8. The van der Waals surface area contributed by atoms with E-state index in [1.54, 1.807) is 0 Å². The van der Waals surface area contributed by atoms with Crippen molar-refractivity contribution in [2.24, 2.45) is 0 Å². The van der Waals surface area contributed by atoms with Crippen molar-refractivity contribution in [3.8, 4) is 11.3 Å². The van der Waals surface area contributed by atoms with Gasteiger partial charge < -0.3 is 0 Å². The van der Waals surface area contributed by atoms with E-state index in [1.165, 1.54) is 30.3 Å². The van der Waals surface area contributed by atoms with Gasteiger partial charge in [-0.2, -0.15) is 13.9 Å². The van der Waals surface area contributed by atoms with Crippen LogP contribution in [-0.2, 0) is 12.5 Å². The molecule has 1 atom stereocenters. The third-order valence-electron chi connectivity index (χ3n) is 4.68. The van der Waals surface area contributed by atoms with Gasteiger partial charge in [-0.3, -0.25) is 0 Å². The number of aromatic nitrogens is 6. The van der Waals surface area contributed by atoms with E-state index >= 15 is 8.78 Å². The number of hydrogen-bond donors (Lipinski definition) is 0. The Kier molecular flexibility index (Phi) is 5.40. The maximum absolute atomic E-state index is 15.5. The largest absolute Gasteiger partial charge is 0.300 e. The monoisotopic (exact) mass is 432 g/mol. The zero-order valence-corrected chi connectivity index (χ0v) is 15.6. The minimum absolute atomic E-state index is 0.254. The van der Waals surface area contributed by atoms with Crippen molar-refractivity contribution in [2.75, 3.05) is 0 Å². The first-order valence-electron chi connectivity index (χ1n) is 8.98. The zero-order chi connectivity index (χ0) is 22.0. The fraction of sp³-hybridized carbons (Fsp3) is 0.150. The SMILES string of the molecule is Fc1ccc(-c2ccc(C(F)(F)C(Cn3cnnn3)c3ccc(F)cc3F)nn2)cc1. The number of alkyl halides is 2. The Morgan fingerprint density at radius 2 is 1.61 bits per heavy atom. The molecule has 11 heteroatoms. The maximum Gasteiger partial charge on any atom is 0.300 e. The van der Waals surface area contributed by atoms with Gasteiger partial charge in [0.1, 0.15) is 29.5 Å². The Bertz CT molecular complexity index is 1160. The van der Waals surface area contributed by atoms with Crippen LogP contribution in [0.5, 0.6) is 0 Å². The van der Waals surface area contributed by atoms with Crippen LogP contribution in [0.2, 0.25) is 0 Å². The minimum Gasteiger partial charge on any atom is -0.232 e. The number of hydrogen-bond acceptors (Lipinski definition) is 5. The standard InChI is InChI=1S/C20H13F5N6/c21-13-3-1-12(2-4-13)18-7-8-19(28-27-18)20(24,25)16(10-31-11-26-29-30-31)15-6-5-14(22)9-17(15)23/h1-9,11,16H,10H2. The van der Waals surface area contributed by atoms with Gasteiger partial charge >= 0.3 is 0 Å². The summed E-state index contributed by atoms with van der Waals surface area (Å²) in [6.45, 7) is -0.496. The predicted molar refractivity (Wildman–Crippen MR) is 98.2 cm³/mol. The molecule has 0 saturated carbocycles. The molecule has 0 bridgehead atoms. The highest BCUT2D eigenvalue weighted by molar-refractivity contribution is 5.58. The Hall–Kier alpha value is -3.76. The first-order valence-corrected chi connectivity index (χ1v) is 8.98. The lowest BCUT2D eigenvalue weighted by atomic mass is 9.89. The van der Waals surface area contributed by atoms with Crippen LogP contribution in [0.15, 0.2) is 60.9 Å². The Balaban J connectivity index is 1.71. The molecule has 158 valence electrons. The molecule has 0 saturated heterocycles. The first-order chi connectivity index (χ1) is 14.8. The Morgan fingerprint density at radius 1 is 0.871 bits per heavy atom. The van der Waals surface area contributed by atoms with E-state index < -0.39 is 47.1 Å². The number of tetrazole rings is 1. The highest BCUT2D eigenvalue weighted by atomic mass is 19.3. The zero-order valence-electron chi connectivity index (χ0n) is 15.6. The van der Waals surface area contributed by atoms with Crippen LogP contribution in [0, 0.1) is 17.5 Å². The van der Waals surface area contributed by atoms with E-state index in [2.05, 4.69) is 25.7 Å². The summed E-state index contributed by atoms with van der Waals surface area (Å²) in [4.78, 5) is 0. The van der Waals surface area contributed by atoms with Gasteiger partial charge in [0.15, 0.2) is 0 Å². The molecular formula is C20H13F5N6. The Labute approximate surface area is 172 Å². The quantitative estimate of drug-likeness (QED) is 0.429. The second kappa shape index (κ2) is 8.17. The van der Waals surface area contributed by atoms with Crippen LogP contribution in [-0.4, -0.2) is 30.4 Å². The summed E-state index contributed by atoms with van der Waals surface area (Å²) in [6, 6.07) is 10.0. The van der Waals surface area contributed by atoms with Crippen LogP contribution in [0.1, 0.15) is 17.2 Å². The third kappa shape index (κ3) is 4.25. The van der Waals surface area contributed by atoms with Crippen molar-refractivity contribution >= 4 is 0 Å². The van der Waals surface area contributed by atoms with Gasteiger partial charge in [-0.25, -0.2) is 17.9 Å². The average molecular weight is 432 g/mol. The fourth-order valence-corrected chi connectivity index (χ4v) is 3.11. The van der Waals surface area contributed by atoms with Crippen LogP contribution < -0.4 is 0 Å². The molecule has 4 aromatic rings. The number of nitrogens with zero attached hydrogens (tertiary/aromatic N) is 6. The molecule has 0 amide bonds. The maximum atomic E-state index is 15.5. The molecule has 4 rings (SSSR count). The molecule has 0 N–H and O–H groups in total. The van der Waals surface area contributed by atoms with E-state index in [4.69, 9.17) is 0 Å². The van der Waals surface area contributed by atoms with Gasteiger partial charge in [0, 0.05) is 11.6 Å². The smallest absolute Gasteiger partial charge is 0.232 e. The van der Waals surface area contributed by atoms with E-state index in [0.29, 0.717) is 11.6 Å². The van der Waals surface area contributed by atoms with Gasteiger partial charge in [-0.15, -0.1) is 10.2 Å². The van der Waals surface area contributed by atoms with Crippen molar-refractivity contribution in [1.82, 2.24) is 30.4 Å². The molecule has 2 heterocycles. The minimum atomic E-state index is -3.71. The van der Waals surface area contributed by atoms with Gasteiger partial charge in [-0.05, 0) is 58.5 Å². The molecule has 0 aliphatic carbocycles. The van der Waals surface area contributed by atoms with E-state index in [0.717, 1.165) is 29.2 Å². The van der Waals surface area contributed by atoms with Gasteiger partial charge in [0.05, 0.1) is 18.2 Å². The molecule has 0 spiro atoms. The van der Waals surface area contributed by atoms with Crippen molar-refractivity contribution in [1.29, 1.82) is 0 Å². The highest BCUT2D eigenvalue weighted by Crippen LogP contribution is 2.43. The van der Waals surface area contributed by atoms with E-state index in [1.807, 2.05) is 0 Å². The first kappa shape index (κ1) is 20.5. The molecule has 2 aromatic carbocycles. The van der Waals surface area contributed by atoms with Gasteiger partial charge in [0.25, 0.3) is 5.92 Å². The summed E-state index contributed by atoms with van der Waals surface area (Å²) < 4.78 is 72.8. The normalized spacial score (nSPS) is 12.7. The van der Waals surface area contributed by atoms with Crippen molar-refractivity contribution < 1.29 is 22.0 Å². The number of halogens is 5. The summed E-state index contributed by atoms with van der Waals surface area (Å²) in [7, 11) is 0. The molecule has 0 aliphatic rings. The second-order valence-corrected chi connectivity index (χ2v) is 6.68. The van der Waals surface area contributed by atoms with Crippen molar-refractivity contribution in [3.05, 3.63) is 89.6 Å². The molecule has 6 nitrogen and oxygen atoms in total. The third-order valence-corrected chi connectivity index (χ3v) is 4.68. The molecule has 0 radical (unpaired) electrons. The molecular weight excluding hydrogens is 419 g/mol. The lowest BCUT2D eigenvalue weighted by Gasteiger charge is -2.26. The summed E-state index contributed by atoms with van der Waals surface area (Å²) >= 11 is 0. The lowest BCUT2D eigenvalue weighted by molar-refractivity contribution is -0.0462. The average Bonchev–Trinajstić information content (AvgIpc) is 3.26. The predicted octanol–water partition coefficient (Wildman–Crippen LogP) is 4.12.